The minimum absolute atomic E-state index is 0.0658. The Bertz CT molecular complexity index is 709. The van der Waals surface area contributed by atoms with Gasteiger partial charge < -0.3 is 9.47 Å². The Labute approximate surface area is 187 Å². The van der Waals surface area contributed by atoms with Gasteiger partial charge in [0.15, 0.2) is 7.28 Å². The number of hydrogen-bond acceptors (Lipinski definition) is 2. The molecule has 1 radical (unpaired) electrons. The second-order valence-corrected chi connectivity index (χ2v) is 12.2. The van der Waals surface area contributed by atoms with Gasteiger partial charge in [0.2, 0.25) is 0 Å². The predicted molar refractivity (Wildman–Crippen MR) is 139 cm³/mol. The van der Waals surface area contributed by atoms with Crippen LogP contribution in [-0.2, 0) is 6.42 Å². The van der Waals surface area contributed by atoms with Crippen LogP contribution in [-0.4, -0.2) is 18.1 Å². The highest BCUT2D eigenvalue weighted by Gasteiger charge is 2.37. The summed E-state index contributed by atoms with van der Waals surface area (Å²) < 4.78 is 14.3. The average Bonchev–Trinajstić information content (AvgIpc) is 2.56. The molecule has 1 aromatic carbocycles. The van der Waals surface area contributed by atoms with E-state index in [1.165, 1.54) is 9.13 Å². The monoisotopic (exact) mass is 537 g/mol. The van der Waals surface area contributed by atoms with Gasteiger partial charge in [-0.15, -0.1) is 27.7 Å². The van der Waals surface area contributed by atoms with Crippen LogP contribution < -0.4 is 20.1 Å². The molecule has 151 valence electrons. The molecule has 0 spiro atoms. The van der Waals surface area contributed by atoms with E-state index in [2.05, 4.69) is 99.1 Å². The Morgan fingerprint density at radius 3 is 2.41 bits per heavy atom. The molecule has 0 saturated carbocycles. The summed E-state index contributed by atoms with van der Waals surface area (Å²) in [6.07, 6.45) is 5.39. The van der Waals surface area contributed by atoms with Crippen LogP contribution in [0, 0.1) is 3.57 Å². The number of rotatable bonds is 7. The highest BCUT2D eigenvalue weighted by molar-refractivity contribution is 14.1. The van der Waals surface area contributed by atoms with E-state index in [9.17, 15) is 0 Å². The number of ether oxygens (including phenoxy) is 2. The topological polar surface area (TPSA) is 18.5 Å². The van der Waals surface area contributed by atoms with Gasteiger partial charge in [0.1, 0.15) is 17.1 Å². The van der Waals surface area contributed by atoms with Crippen molar-refractivity contribution in [3.8, 4) is 11.5 Å². The molecule has 0 bridgehead atoms. The van der Waals surface area contributed by atoms with Gasteiger partial charge in [-0.05, 0) is 55.7 Å². The van der Waals surface area contributed by atoms with Crippen molar-refractivity contribution in [2.45, 2.75) is 89.8 Å². The van der Waals surface area contributed by atoms with E-state index in [-0.39, 0.29) is 10.9 Å². The van der Waals surface area contributed by atoms with Gasteiger partial charge in [-0.3, -0.25) is 0 Å². The Kier molecular flexibility index (Phi) is 8.02. The summed E-state index contributed by atoms with van der Waals surface area (Å²) >= 11 is 2.44. The van der Waals surface area contributed by atoms with Crippen molar-refractivity contribution >= 4 is 68.2 Å². The lowest BCUT2D eigenvalue weighted by Crippen LogP contribution is -2.42. The fraction of sp³-hybridized carbons (Fsp3) is 0.700. The fourth-order valence-corrected chi connectivity index (χ4v) is 6.20. The van der Waals surface area contributed by atoms with E-state index in [1.807, 2.05) is 0 Å². The van der Waals surface area contributed by atoms with Gasteiger partial charge in [0, 0.05) is 16.2 Å². The first-order chi connectivity index (χ1) is 12.3. The highest BCUT2D eigenvalue weighted by Crippen LogP contribution is 2.43. The highest BCUT2D eigenvalue weighted by atomic mass is 127. The molecular weight excluding hydrogens is 503 g/mol. The SMILES string of the molecule is CCCC1(C)CCc2c(I)c(OC(C)(P)[B]C(C)(C)CC)c(P)c(P)c2O1. The van der Waals surface area contributed by atoms with Gasteiger partial charge in [-0.2, -0.15) is 0 Å². The first-order valence-electron chi connectivity index (χ1n) is 9.78. The third kappa shape index (κ3) is 5.74. The summed E-state index contributed by atoms with van der Waals surface area (Å²) in [5, 5.41) is 1.86. The molecule has 0 aromatic heterocycles. The van der Waals surface area contributed by atoms with Crippen molar-refractivity contribution < 1.29 is 9.47 Å². The molecule has 2 nitrogen and oxygen atoms in total. The summed E-state index contributed by atoms with van der Waals surface area (Å²) in [4.78, 5) is 0. The molecule has 1 heterocycles. The summed E-state index contributed by atoms with van der Waals surface area (Å²) in [7, 11) is 10.9. The van der Waals surface area contributed by atoms with Crippen LogP contribution >= 0.6 is 50.3 Å². The van der Waals surface area contributed by atoms with Crippen molar-refractivity contribution in [2.24, 2.45) is 0 Å². The molecule has 1 aliphatic rings. The van der Waals surface area contributed by atoms with E-state index in [0.717, 1.165) is 54.2 Å². The first kappa shape index (κ1) is 24.2. The molecule has 5 unspecified atom stereocenters. The molecule has 1 aliphatic heterocycles. The Balaban J connectivity index is 2.40. The largest absolute Gasteiger partial charge is 0.491 e. The van der Waals surface area contributed by atoms with Crippen LogP contribution in [0.25, 0.3) is 0 Å². The molecule has 1 aromatic rings. The number of benzene rings is 1. The number of halogens is 1. The van der Waals surface area contributed by atoms with Gasteiger partial charge >= 0.3 is 0 Å². The van der Waals surface area contributed by atoms with E-state index in [4.69, 9.17) is 9.47 Å². The van der Waals surface area contributed by atoms with Crippen molar-refractivity contribution in [1.82, 2.24) is 0 Å². The zero-order chi connectivity index (χ0) is 20.6. The average molecular weight is 537 g/mol. The van der Waals surface area contributed by atoms with E-state index in [0.29, 0.717) is 0 Å². The predicted octanol–water partition coefficient (Wildman–Crippen LogP) is 5.42. The maximum absolute atomic E-state index is 6.56. The van der Waals surface area contributed by atoms with Gasteiger partial charge in [-0.1, -0.05) is 45.9 Å². The van der Waals surface area contributed by atoms with E-state index < -0.39 is 5.24 Å². The van der Waals surface area contributed by atoms with Gasteiger partial charge in [0.05, 0.1) is 8.81 Å². The molecule has 7 heteroatoms. The Morgan fingerprint density at radius 1 is 1.22 bits per heavy atom. The smallest absolute Gasteiger partial charge is 0.182 e. The van der Waals surface area contributed by atoms with Crippen LogP contribution in [0.3, 0.4) is 0 Å². The van der Waals surface area contributed by atoms with Crippen LogP contribution in [0.5, 0.6) is 11.5 Å². The summed E-state index contributed by atoms with van der Waals surface area (Å²) in [6, 6.07) is 0. The molecule has 5 atom stereocenters. The standard InChI is InChI=1S/C20H34BIO2P3/c1-7-10-19(5)11-9-12-13(22)15(17(26)16(25)14(12)23-19)24-20(6,27)21-18(3,4)8-2/h7-11,25-27H2,1-6H3. The quantitative estimate of drug-likeness (QED) is 0.263. The second kappa shape index (κ2) is 8.95. The molecule has 0 aliphatic carbocycles. The summed E-state index contributed by atoms with van der Waals surface area (Å²) in [5.41, 5.74) is 1.22. The van der Waals surface area contributed by atoms with E-state index in [1.54, 1.807) is 0 Å². The molecule has 0 amide bonds. The van der Waals surface area contributed by atoms with Gasteiger partial charge in [-0.25, -0.2) is 0 Å². The lowest BCUT2D eigenvalue weighted by atomic mass is 9.49. The molecule has 2 rings (SSSR count). The van der Waals surface area contributed by atoms with Crippen molar-refractivity contribution in [1.29, 1.82) is 0 Å². The van der Waals surface area contributed by atoms with Crippen molar-refractivity contribution in [3.63, 3.8) is 0 Å². The molecule has 0 fully saturated rings. The van der Waals surface area contributed by atoms with Crippen molar-refractivity contribution in [3.05, 3.63) is 9.13 Å². The third-order valence-corrected chi connectivity index (χ3v) is 8.36. The lowest BCUT2D eigenvalue weighted by molar-refractivity contribution is 0.0565. The summed E-state index contributed by atoms with van der Waals surface area (Å²) in [6.45, 7) is 13.3. The third-order valence-electron chi connectivity index (χ3n) is 5.46. The zero-order valence-electron chi connectivity index (χ0n) is 17.5. The maximum atomic E-state index is 6.56. The fourth-order valence-electron chi connectivity index (χ4n) is 3.72. The Hall–Kier alpha value is 0.905. The van der Waals surface area contributed by atoms with Crippen LogP contribution in [0.15, 0.2) is 0 Å². The maximum Gasteiger partial charge on any atom is 0.182 e. The van der Waals surface area contributed by atoms with Crippen LogP contribution in [0.1, 0.15) is 72.8 Å². The summed E-state index contributed by atoms with van der Waals surface area (Å²) in [5.74, 6) is 1.99. The van der Waals surface area contributed by atoms with Gasteiger partial charge in [0.25, 0.3) is 0 Å². The van der Waals surface area contributed by atoms with Crippen LogP contribution in [0.2, 0.25) is 5.31 Å². The van der Waals surface area contributed by atoms with E-state index >= 15 is 0 Å². The molecule has 0 saturated heterocycles. The first-order valence-corrected chi connectivity index (χ1v) is 12.6. The minimum atomic E-state index is -0.428. The molecular formula is C20H34BIO2P3. The number of hydrogen-bond donors (Lipinski definition) is 0. The second-order valence-electron chi connectivity index (χ2n) is 8.85. The van der Waals surface area contributed by atoms with Crippen molar-refractivity contribution in [2.75, 3.05) is 0 Å². The Morgan fingerprint density at radius 2 is 1.85 bits per heavy atom. The zero-order valence-corrected chi connectivity index (χ0v) is 23.2. The van der Waals surface area contributed by atoms with Crippen LogP contribution in [0.4, 0.5) is 0 Å². The molecule has 0 N–H and O–H groups in total. The molecule has 27 heavy (non-hydrogen) atoms. The number of fused-ring (bicyclic) bond motifs is 1. The normalized spacial score (nSPS) is 21.9. The minimum Gasteiger partial charge on any atom is -0.491 e. The lowest BCUT2D eigenvalue weighted by Gasteiger charge is -2.39.